The highest BCUT2D eigenvalue weighted by molar-refractivity contribution is 5.27. The summed E-state index contributed by atoms with van der Waals surface area (Å²) in [6, 6.07) is 7.97. The van der Waals surface area contributed by atoms with Crippen LogP contribution in [0.1, 0.15) is 18.4 Å². The first kappa shape index (κ1) is 16.2. The Morgan fingerprint density at radius 1 is 1.19 bits per heavy atom. The van der Waals surface area contributed by atoms with Crippen molar-refractivity contribution in [2.24, 2.45) is 0 Å². The van der Waals surface area contributed by atoms with Crippen molar-refractivity contribution in [1.29, 1.82) is 0 Å². The second-order valence-electron chi connectivity index (χ2n) is 5.43. The lowest BCUT2D eigenvalue weighted by Crippen LogP contribution is -2.44. The molecule has 2 N–H and O–H groups in total. The van der Waals surface area contributed by atoms with Crippen LogP contribution in [-0.4, -0.2) is 50.8 Å². The summed E-state index contributed by atoms with van der Waals surface area (Å²) in [5.74, 6) is 0.846. The number of benzene rings is 1. The molecule has 118 valence electrons. The zero-order chi connectivity index (χ0) is 15.0. The molecule has 0 spiro atoms. The second kappa shape index (κ2) is 8.34. The molecule has 0 saturated carbocycles. The van der Waals surface area contributed by atoms with Crippen molar-refractivity contribution >= 4 is 0 Å². The fourth-order valence-electron chi connectivity index (χ4n) is 2.31. The Morgan fingerprint density at radius 3 is 2.57 bits per heavy atom. The second-order valence-corrected chi connectivity index (χ2v) is 5.43. The maximum absolute atomic E-state index is 10.3. The monoisotopic (exact) mass is 295 g/mol. The van der Waals surface area contributed by atoms with E-state index in [1.807, 2.05) is 24.3 Å². The van der Waals surface area contributed by atoms with E-state index in [-0.39, 0.29) is 0 Å². The van der Waals surface area contributed by atoms with Crippen LogP contribution in [-0.2, 0) is 16.0 Å². The summed E-state index contributed by atoms with van der Waals surface area (Å²) in [4.78, 5) is 0. The average Bonchev–Trinajstić information content (AvgIpc) is 2.50. The van der Waals surface area contributed by atoms with Gasteiger partial charge in [0.25, 0.3) is 0 Å². The lowest BCUT2D eigenvalue weighted by Gasteiger charge is -2.32. The number of aliphatic hydroxyl groups is 1. The van der Waals surface area contributed by atoms with Gasteiger partial charge in [0.2, 0.25) is 0 Å². The lowest BCUT2D eigenvalue weighted by atomic mass is 9.94. The van der Waals surface area contributed by atoms with E-state index in [4.69, 9.17) is 14.2 Å². The summed E-state index contributed by atoms with van der Waals surface area (Å²) in [7, 11) is 1.66. The third kappa shape index (κ3) is 5.63. The molecule has 1 aliphatic heterocycles. The molecule has 2 rings (SSSR count). The van der Waals surface area contributed by atoms with Crippen LogP contribution in [0.4, 0.5) is 0 Å². The first-order valence-corrected chi connectivity index (χ1v) is 7.43. The van der Waals surface area contributed by atoms with Gasteiger partial charge in [-0.1, -0.05) is 12.1 Å². The number of nitrogens with one attached hydrogen (secondary N) is 1. The fraction of sp³-hybridized carbons (Fsp3) is 0.625. The van der Waals surface area contributed by atoms with Gasteiger partial charge < -0.3 is 24.6 Å². The topological polar surface area (TPSA) is 60.0 Å². The quantitative estimate of drug-likeness (QED) is 0.709. The molecular weight excluding hydrogens is 270 g/mol. The minimum Gasteiger partial charge on any atom is -0.491 e. The molecule has 0 bridgehead atoms. The Balaban J connectivity index is 1.70. The predicted molar refractivity (Wildman–Crippen MR) is 80.5 cm³/mol. The Hall–Kier alpha value is -1.14. The number of rotatable bonds is 8. The van der Waals surface area contributed by atoms with Crippen LogP contribution < -0.4 is 10.1 Å². The molecule has 0 aromatic heterocycles. The largest absolute Gasteiger partial charge is 0.491 e. The van der Waals surface area contributed by atoms with Crippen LogP contribution in [0.25, 0.3) is 0 Å². The average molecular weight is 295 g/mol. The molecule has 1 aromatic rings. The van der Waals surface area contributed by atoms with E-state index in [2.05, 4.69) is 5.32 Å². The fourth-order valence-corrected chi connectivity index (χ4v) is 2.31. The molecule has 1 aromatic carbocycles. The van der Waals surface area contributed by atoms with Gasteiger partial charge in [-0.15, -0.1) is 0 Å². The van der Waals surface area contributed by atoms with Crippen LogP contribution in [0, 0.1) is 0 Å². The van der Waals surface area contributed by atoms with Crippen molar-refractivity contribution in [2.75, 3.05) is 40.1 Å². The lowest BCUT2D eigenvalue weighted by molar-refractivity contribution is -0.0617. The van der Waals surface area contributed by atoms with Gasteiger partial charge in [0.15, 0.2) is 0 Å². The zero-order valence-corrected chi connectivity index (χ0v) is 12.6. The van der Waals surface area contributed by atoms with E-state index in [9.17, 15) is 5.11 Å². The maximum Gasteiger partial charge on any atom is 0.119 e. The number of hydrogen-bond donors (Lipinski definition) is 2. The highest BCUT2D eigenvalue weighted by Crippen LogP contribution is 2.19. The van der Waals surface area contributed by atoms with Crippen molar-refractivity contribution in [3.8, 4) is 5.75 Å². The van der Waals surface area contributed by atoms with Gasteiger partial charge in [-0.05, 0) is 17.7 Å². The van der Waals surface area contributed by atoms with Crippen LogP contribution >= 0.6 is 0 Å². The maximum atomic E-state index is 10.3. The van der Waals surface area contributed by atoms with Crippen molar-refractivity contribution in [2.45, 2.75) is 25.0 Å². The van der Waals surface area contributed by atoms with Crippen molar-refractivity contribution < 1.29 is 19.3 Å². The van der Waals surface area contributed by atoms with E-state index >= 15 is 0 Å². The van der Waals surface area contributed by atoms with Crippen LogP contribution in [0.3, 0.4) is 0 Å². The van der Waals surface area contributed by atoms with E-state index < -0.39 is 5.60 Å². The summed E-state index contributed by atoms with van der Waals surface area (Å²) >= 11 is 0. The summed E-state index contributed by atoms with van der Waals surface area (Å²) in [5.41, 5.74) is 0.548. The molecule has 0 radical (unpaired) electrons. The highest BCUT2D eigenvalue weighted by Gasteiger charge is 2.28. The Labute approximate surface area is 126 Å². The first-order valence-electron chi connectivity index (χ1n) is 7.43. The molecule has 1 fully saturated rings. The molecule has 5 heteroatoms. The molecule has 5 nitrogen and oxygen atoms in total. The van der Waals surface area contributed by atoms with E-state index in [1.54, 1.807) is 7.11 Å². The Bertz CT molecular complexity index is 401. The van der Waals surface area contributed by atoms with Crippen LogP contribution in [0.5, 0.6) is 5.75 Å². The smallest absolute Gasteiger partial charge is 0.119 e. The first-order chi connectivity index (χ1) is 10.2. The van der Waals surface area contributed by atoms with Gasteiger partial charge in [-0.3, -0.25) is 0 Å². The molecule has 1 saturated heterocycles. The molecule has 0 aliphatic carbocycles. The van der Waals surface area contributed by atoms with Gasteiger partial charge in [-0.25, -0.2) is 0 Å². The molecule has 1 aliphatic rings. The third-order valence-electron chi connectivity index (χ3n) is 3.69. The van der Waals surface area contributed by atoms with E-state index in [0.717, 1.165) is 12.3 Å². The van der Waals surface area contributed by atoms with Gasteiger partial charge in [0.05, 0.1) is 12.2 Å². The van der Waals surface area contributed by atoms with Gasteiger partial charge in [0.1, 0.15) is 12.4 Å². The summed E-state index contributed by atoms with van der Waals surface area (Å²) in [6.07, 6.45) is 1.40. The number of ether oxygens (including phenoxy) is 3. The Morgan fingerprint density at radius 2 is 1.90 bits per heavy atom. The van der Waals surface area contributed by atoms with Crippen molar-refractivity contribution in [3.63, 3.8) is 0 Å². The van der Waals surface area contributed by atoms with Crippen LogP contribution in [0.2, 0.25) is 0 Å². The molecule has 1 heterocycles. The molecule has 21 heavy (non-hydrogen) atoms. The standard InChI is InChI=1S/C16H25NO4/c1-19-10-11-21-15-4-2-14(3-5-15)12-17-13-16(18)6-8-20-9-7-16/h2-5,17-18H,6-13H2,1H3. The minimum absolute atomic E-state index is 0.559. The summed E-state index contributed by atoms with van der Waals surface area (Å²) in [6.45, 7) is 3.77. The molecular formula is C16H25NO4. The highest BCUT2D eigenvalue weighted by atomic mass is 16.5. The van der Waals surface area contributed by atoms with E-state index in [0.29, 0.717) is 45.8 Å². The summed E-state index contributed by atoms with van der Waals surface area (Å²) < 4.78 is 15.7. The zero-order valence-electron chi connectivity index (χ0n) is 12.6. The van der Waals surface area contributed by atoms with Crippen molar-refractivity contribution in [3.05, 3.63) is 29.8 Å². The van der Waals surface area contributed by atoms with Crippen molar-refractivity contribution in [1.82, 2.24) is 5.32 Å². The SMILES string of the molecule is COCCOc1ccc(CNCC2(O)CCOCC2)cc1. The predicted octanol–water partition coefficient (Wildman–Crippen LogP) is 1.34. The number of methoxy groups -OCH3 is 1. The third-order valence-corrected chi connectivity index (χ3v) is 3.69. The summed E-state index contributed by atoms with van der Waals surface area (Å²) in [5, 5.41) is 13.7. The minimum atomic E-state index is -0.624. The van der Waals surface area contributed by atoms with Gasteiger partial charge >= 0.3 is 0 Å². The molecule has 0 atom stereocenters. The normalized spacial score (nSPS) is 17.6. The molecule has 0 amide bonds. The number of hydrogen-bond acceptors (Lipinski definition) is 5. The van der Waals surface area contributed by atoms with E-state index in [1.165, 1.54) is 5.56 Å². The van der Waals surface area contributed by atoms with Crippen LogP contribution in [0.15, 0.2) is 24.3 Å². The van der Waals surface area contributed by atoms with Gasteiger partial charge in [-0.2, -0.15) is 0 Å². The molecule has 0 unspecified atom stereocenters. The Kier molecular flexibility index (Phi) is 6.45. The van der Waals surface area contributed by atoms with Gasteiger partial charge in [0, 0.05) is 46.3 Å².